The van der Waals surface area contributed by atoms with E-state index in [0.717, 1.165) is 30.5 Å². The number of aromatic amines is 1. The van der Waals surface area contributed by atoms with Gasteiger partial charge in [-0.2, -0.15) is 5.10 Å². The lowest BCUT2D eigenvalue weighted by Gasteiger charge is -2.10. The van der Waals surface area contributed by atoms with Crippen LogP contribution in [-0.4, -0.2) is 23.3 Å². The number of hydrogen-bond acceptors (Lipinski definition) is 2. The number of fused-ring (bicyclic) bond motifs is 1. The van der Waals surface area contributed by atoms with Gasteiger partial charge in [0, 0.05) is 11.9 Å². The first-order chi connectivity index (χ1) is 8.68. The van der Waals surface area contributed by atoms with Crippen LogP contribution in [0.3, 0.4) is 0 Å². The third kappa shape index (κ3) is 2.25. The monoisotopic (exact) mass is 247 g/mol. The topological polar surface area (TPSA) is 40.7 Å². The summed E-state index contributed by atoms with van der Waals surface area (Å²) in [7, 11) is 0. The van der Waals surface area contributed by atoms with Crippen LogP contribution in [0.15, 0.2) is 18.3 Å². The van der Waals surface area contributed by atoms with Crippen molar-refractivity contribution in [3.05, 3.63) is 29.7 Å². The molecule has 3 nitrogen and oxygen atoms in total. The molecule has 2 N–H and O–H groups in total. The van der Waals surface area contributed by atoms with E-state index in [0.29, 0.717) is 10.9 Å². The van der Waals surface area contributed by atoms with Gasteiger partial charge in [-0.15, -0.1) is 0 Å². The second-order valence-corrected chi connectivity index (χ2v) is 5.60. The fourth-order valence-electron chi connectivity index (χ4n) is 2.28. The zero-order chi connectivity index (χ0) is 12.6. The molecule has 1 saturated carbocycles. The quantitative estimate of drug-likeness (QED) is 0.797. The Kier molecular flexibility index (Phi) is 2.82. The molecule has 18 heavy (non-hydrogen) atoms. The largest absolute Gasteiger partial charge is 0.316 e. The zero-order valence-corrected chi connectivity index (χ0v) is 10.6. The molecule has 2 aromatic rings. The Morgan fingerprint density at radius 1 is 1.44 bits per heavy atom. The number of nitrogens with one attached hydrogen (secondary N) is 2. The van der Waals surface area contributed by atoms with E-state index in [1.165, 1.54) is 18.9 Å². The van der Waals surface area contributed by atoms with E-state index in [-0.39, 0.29) is 5.82 Å². The molecule has 0 bridgehead atoms. The molecule has 0 unspecified atom stereocenters. The molecule has 0 spiro atoms. The van der Waals surface area contributed by atoms with E-state index in [9.17, 15) is 4.39 Å². The lowest BCUT2D eigenvalue weighted by molar-refractivity contribution is 0.502. The molecule has 1 aliphatic rings. The highest BCUT2D eigenvalue weighted by molar-refractivity contribution is 5.82. The summed E-state index contributed by atoms with van der Waals surface area (Å²) in [5, 5.41) is 11.0. The van der Waals surface area contributed by atoms with Gasteiger partial charge in [-0.05, 0) is 42.9 Å². The second kappa shape index (κ2) is 4.35. The maximum atomic E-state index is 13.5. The summed E-state index contributed by atoms with van der Waals surface area (Å²) in [5.41, 5.74) is 2.20. The lowest BCUT2D eigenvalue weighted by Crippen LogP contribution is -2.24. The Bertz CT molecular complexity index is 557. The van der Waals surface area contributed by atoms with Crippen molar-refractivity contribution in [2.75, 3.05) is 13.1 Å². The molecular weight excluding hydrogens is 229 g/mol. The van der Waals surface area contributed by atoms with Gasteiger partial charge in [-0.3, -0.25) is 5.10 Å². The fraction of sp³-hybridized carbons (Fsp3) is 0.500. The van der Waals surface area contributed by atoms with Crippen LogP contribution >= 0.6 is 0 Å². The third-order valence-electron chi connectivity index (χ3n) is 3.88. The minimum absolute atomic E-state index is 0.232. The van der Waals surface area contributed by atoms with Crippen LogP contribution in [0.25, 0.3) is 10.9 Å². The second-order valence-electron chi connectivity index (χ2n) is 5.60. The molecule has 1 fully saturated rings. The van der Waals surface area contributed by atoms with Crippen molar-refractivity contribution in [3.8, 4) is 0 Å². The van der Waals surface area contributed by atoms with Gasteiger partial charge in [0.15, 0.2) is 0 Å². The van der Waals surface area contributed by atoms with Crippen molar-refractivity contribution in [2.45, 2.75) is 26.2 Å². The first kappa shape index (κ1) is 11.7. The Labute approximate surface area is 106 Å². The summed E-state index contributed by atoms with van der Waals surface area (Å²) in [6.07, 6.45) is 5.29. The van der Waals surface area contributed by atoms with E-state index in [2.05, 4.69) is 22.4 Å². The van der Waals surface area contributed by atoms with Crippen LogP contribution in [0, 0.1) is 11.2 Å². The Hall–Kier alpha value is -1.42. The van der Waals surface area contributed by atoms with E-state index in [4.69, 9.17) is 0 Å². The summed E-state index contributed by atoms with van der Waals surface area (Å²) in [6.45, 7) is 4.33. The van der Waals surface area contributed by atoms with E-state index in [1.807, 2.05) is 6.07 Å². The number of H-pyrrole nitrogens is 1. The number of aromatic nitrogens is 2. The van der Waals surface area contributed by atoms with Crippen molar-refractivity contribution in [2.24, 2.45) is 5.41 Å². The van der Waals surface area contributed by atoms with Crippen molar-refractivity contribution >= 4 is 10.9 Å². The number of hydrogen-bond donors (Lipinski definition) is 2. The van der Waals surface area contributed by atoms with Gasteiger partial charge in [-0.1, -0.05) is 13.0 Å². The highest BCUT2D eigenvalue weighted by atomic mass is 19.1. The molecule has 0 amide bonds. The van der Waals surface area contributed by atoms with Crippen molar-refractivity contribution in [3.63, 3.8) is 0 Å². The van der Waals surface area contributed by atoms with Gasteiger partial charge in [-0.25, -0.2) is 4.39 Å². The minimum atomic E-state index is -0.232. The lowest BCUT2D eigenvalue weighted by atomic mass is 10.1. The van der Waals surface area contributed by atoms with Gasteiger partial charge in [0.2, 0.25) is 0 Å². The van der Waals surface area contributed by atoms with Crippen LogP contribution in [0.2, 0.25) is 0 Å². The summed E-state index contributed by atoms with van der Waals surface area (Å²) in [5.74, 6) is -0.232. The summed E-state index contributed by atoms with van der Waals surface area (Å²) in [6, 6.07) is 3.37. The first-order valence-electron chi connectivity index (χ1n) is 6.49. The maximum Gasteiger partial charge on any atom is 0.148 e. The van der Waals surface area contributed by atoms with Crippen LogP contribution in [0.5, 0.6) is 0 Å². The van der Waals surface area contributed by atoms with E-state index >= 15 is 0 Å². The smallest absolute Gasteiger partial charge is 0.148 e. The van der Waals surface area contributed by atoms with Gasteiger partial charge >= 0.3 is 0 Å². The van der Waals surface area contributed by atoms with Crippen molar-refractivity contribution in [1.82, 2.24) is 15.5 Å². The summed E-state index contributed by atoms with van der Waals surface area (Å²) >= 11 is 0. The molecule has 3 rings (SSSR count). The fourth-order valence-corrected chi connectivity index (χ4v) is 2.28. The SMILES string of the molecule is CC1(CNCCc2ccc(F)c3[nH]ncc23)CC1. The highest BCUT2D eigenvalue weighted by Crippen LogP contribution is 2.43. The summed E-state index contributed by atoms with van der Waals surface area (Å²) < 4.78 is 13.5. The molecule has 96 valence electrons. The average Bonchev–Trinajstić information content (AvgIpc) is 2.91. The highest BCUT2D eigenvalue weighted by Gasteiger charge is 2.36. The van der Waals surface area contributed by atoms with Crippen LogP contribution < -0.4 is 5.32 Å². The molecular formula is C14H18FN3. The van der Waals surface area contributed by atoms with Crippen LogP contribution in [0.1, 0.15) is 25.3 Å². The van der Waals surface area contributed by atoms with Crippen LogP contribution in [0.4, 0.5) is 4.39 Å². The molecule has 0 aliphatic heterocycles. The molecule has 0 saturated heterocycles. The third-order valence-corrected chi connectivity index (χ3v) is 3.88. The predicted molar refractivity (Wildman–Crippen MR) is 70.0 cm³/mol. The molecule has 1 heterocycles. The minimum Gasteiger partial charge on any atom is -0.316 e. The number of nitrogens with zero attached hydrogens (tertiary/aromatic N) is 1. The normalized spacial score (nSPS) is 17.2. The molecule has 0 atom stereocenters. The van der Waals surface area contributed by atoms with E-state index in [1.54, 1.807) is 6.20 Å². The number of rotatable bonds is 5. The standard InChI is InChI=1S/C14H18FN3/c1-14(5-6-14)9-16-7-4-10-2-3-12(15)13-11(10)8-17-18-13/h2-3,8,16H,4-7,9H2,1H3,(H,17,18). The summed E-state index contributed by atoms with van der Waals surface area (Å²) in [4.78, 5) is 0. The van der Waals surface area contributed by atoms with Gasteiger partial charge < -0.3 is 5.32 Å². The Balaban J connectivity index is 1.63. The van der Waals surface area contributed by atoms with Crippen molar-refractivity contribution < 1.29 is 4.39 Å². The average molecular weight is 247 g/mol. The van der Waals surface area contributed by atoms with Gasteiger partial charge in [0.1, 0.15) is 11.3 Å². The van der Waals surface area contributed by atoms with Gasteiger partial charge in [0.05, 0.1) is 6.20 Å². The first-order valence-corrected chi connectivity index (χ1v) is 6.49. The van der Waals surface area contributed by atoms with Crippen LogP contribution in [-0.2, 0) is 6.42 Å². The molecule has 1 aromatic carbocycles. The molecule has 4 heteroatoms. The Morgan fingerprint density at radius 3 is 3.06 bits per heavy atom. The van der Waals surface area contributed by atoms with E-state index < -0.39 is 0 Å². The number of benzene rings is 1. The maximum absolute atomic E-state index is 13.5. The molecule has 0 radical (unpaired) electrons. The molecule has 1 aromatic heterocycles. The predicted octanol–water partition coefficient (Wildman–Crippen LogP) is 2.63. The Morgan fingerprint density at radius 2 is 2.28 bits per heavy atom. The molecule has 1 aliphatic carbocycles. The zero-order valence-electron chi connectivity index (χ0n) is 10.6. The van der Waals surface area contributed by atoms with Gasteiger partial charge in [0.25, 0.3) is 0 Å². The van der Waals surface area contributed by atoms with Crippen molar-refractivity contribution in [1.29, 1.82) is 0 Å². The number of halogens is 1.